The molecular weight excluding hydrogens is 366 g/mol. The van der Waals surface area contributed by atoms with E-state index in [1.54, 1.807) is 0 Å². The highest BCUT2D eigenvalue weighted by atomic mass is 15.3. The van der Waals surface area contributed by atoms with Gasteiger partial charge in [0.25, 0.3) is 0 Å². The first-order chi connectivity index (χ1) is 14.8. The number of hydrogen-bond donors (Lipinski definition) is 1. The quantitative estimate of drug-likeness (QED) is 0.629. The lowest BCUT2D eigenvalue weighted by molar-refractivity contribution is 0.249. The molecule has 2 aliphatic rings. The summed E-state index contributed by atoms with van der Waals surface area (Å²) in [6.45, 7) is 8.91. The highest BCUT2D eigenvalue weighted by molar-refractivity contribution is 5.54. The fourth-order valence-corrected chi connectivity index (χ4v) is 5.25. The molecule has 2 fully saturated rings. The maximum absolute atomic E-state index is 3.83. The average Bonchev–Trinajstić information content (AvgIpc) is 2.80. The highest BCUT2D eigenvalue weighted by Crippen LogP contribution is 2.28. The second kappa shape index (κ2) is 11.0. The summed E-state index contributed by atoms with van der Waals surface area (Å²) in [6, 6.07) is 20.5. The molecule has 0 radical (unpaired) electrons. The molecule has 3 nitrogen and oxygen atoms in total. The summed E-state index contributed by atoms with van der Waals surface area (Å²) in [5.74, 6) is 0.939. The minimum absolute atomic E-state index is 0.601. The van der Waals surface area contributed by atoms with E-state index in [-0.39, 0.29) is 0 Å². The lowest BCUT2D eigenvalue weighted by Gasteiger charge is -2.37. The van der Waals surface area contributed by atoms with Gasteiger partial charge in [0.05, 0.1) is 0 Å². The van der Waals surface area contributed by atoms with Gasteiger partial charge >= 0.3 is 0 Å². The average molecular weight is 406 g/mol. The van der Waals surface area contributed by atoms with E-state index in [2.05, 4.69) is 76.6 Å². The molecule has 0 spiro atoms. The topological polar surface area (TPSA) is 18.5 Å². The van der Waals surface area contributed by atoms with Crippen LogP contribution in [0.25, 0.3) is 0 Å². The summed E-state index contributed by atoms with van der Waals surface area (Å²) in [6.07, 6.45) is 8.54. The van der Waals surface area contributed by atoms with Crippen LogP contribution in [0.1, 0.15) is 56.6 Å². The Balaban J connectivity index is 1.28. The van der Waals surface area contributed by atoms with Crippen molar-refractivity contribution in [2.24, 2.45) is 5.92 Å². The van der Waals surface area contributed by atoms with Crippen LogP contribution in [0.4, 0.5) is 5.69 Å². The Hall–Kier alpha value is -1.84. The molecule has 2 aromatic carbocycles. The number of piperazine rings is 1. The van der Waals surface area contributed by atoms with Gasteiger partial charge in [0.2, 0.25) is 0 Å². The van der Waals surface area contributed by atoms with E-state index in [0.29, 0.717) is 6.04 Å². The third-order valence-corrected chi connectivity index (χ3v) is 7.01. The SMILES string of the molecule is CC(CC1CCCCC1)NCc1ccccc1N1CCN(Cc2ccccc2)CC1. The predicted octanol–water partition coefficient (Wildman–Crippen LogP) is 5.46. The third-order valence-electron chi connectivity index (χ3n) is 7.01. The summed E-state index contributed by atoms with van der Waals surface area (Å²) < 4.78 is 0. The molecule has 1 aliphatic carbocycles. The van der Waals surface area contributed by atoms with Crippen LogP contribution in [0, 0.1) is 5.92 Å². The maximum Gasteiger partial charge on any atom is 0.0412 e. The van der Waals surface area contributed by atoms with Crippen LogP contribution in [-0.2, 0) is 13.1 Å². The summed E-state index contributed by atoms with van der Waals surface area (Å²) in [4.78, 5) is 5.17. The van der Waals surface area contributed by atoms with Crippen molar-refractivity contribution < 1.29 is 0 Å². The van der Waals surface area contributed by atoms with Crippen molar-refractivity contribution in [2.45, 2.75) is 64.6 Å². The number of nitrogens with one attached hydrogen (secondary N) is 1. The Morgan fingerprint density at radius 1 is 0.867 bits per heavy atom. The van der Waals surface area contributed by atoms with Crippen molar-refractivity contribution in [3.8, 4) is 0 Å². The number of rotatable bonds is 8. The summed E-state index contributed by atoms with van der Waals surface area (Å²) in [5, 5.41) is 3.83. The minimum Gasteiger partial charge on any atom is -0.369 e. The molecule has 2 aromatic rings. The van der Waals surface area contributed by atoms with Gasteiger partial charge in [0.1, 0.15) is 0 Å². The monoisotopic (exact) mass is 405 g/mol. The first-order valence-corrected chi connectivity index (χ1v) is 12.1. The lowest BCUT2D eigenvalue weighted by Crippen LogP contribution is -2.46. The zero-order valence-corrected chi connectivity index (χ0v) is 18.7. The fraction of sp³-hybridized carbons (Fsp3) is 0.556. The largest absolute Gasteiger partial charge is 0.369 e. The third kappa shape index (κ3) is 6.09. The molecule has 1 unspecified atom stereocenters. The van der Waals surface area contributed by atoms with Crippen LogP contribution in [0.5, 0.6) is 0 Å². The molecule has 1 heterocycles. The Morgan fingerprint density at radius 3 is 2.33 bits per heavy atom. The van der Waals surface area contributed by atoms with Crippen LogP contribution < -0.4 is 10.2 Å². The molecular formula is C27H39N3. The van der Waals surface area contributed by atoms with E-state index < -0.39 is 0 Å². The zero-order valence-electron chi connectivity index (χ0n) is 18.7. The molecule has 1 atom stereocenters. The van der Waals surface area contributed by atoms with E-state index in [1.807, 2.05) is 0 Å². The molecule has 162 valence electrons. The summed E-state index contributed by atoms with van der Waals surface area (Å²) >= 11 is 0. The molecule has 1 saturated heterocycles. The minimum atomic E-state index is 0.601. The van der Waals surface area contributed by atoms with Crippen molar-refractivity contribution >= 4 is 5.69 Å². The van der Waals surface area contributed by atoms with Crippen LogP contribution in [0.3, 0.4) is 0 Å². The van der Waals surface area contributed by atoms with Gasteiger partial charge in [0.15, 0.2) is 0 Å². The number of hydrogen-bond acceptors (Lipinski definition) is 3. The van der Waals surface area contributed by atoms with E-state index in [9.17, 15) is 0 Å². The molecule has 0 aromatic heterocycles. The van der Waals surface area contributed by atoms with Crippen LogP contribution in [-0.4, -0.2) is 37.1 Å². The van der Waals surface area contributed by atoms with E-state index >= 15 is 0 Å². The van der Waals surface area contributed by atoms with Crippen molar-refractivity contribution in [3.63, 3.8) is 0 Å². The van der Waals surface area contributed by atoms with Crippen molar-refractivity contribution in [3.05, 3.63) is 65.7 Å². The van der Waals surface area contributed by atoms with Crippen molar-refractivity contribution in [2.75, 3.05) is 31.1 Å². The number of benzene rings is 2. The van der Waals surface area contributed by atoms with Gasteiger partial charge in [-0.25, -0.2) is 0 Å². The maximum atomic E-state index is 3.83. The lowest BCUT2D eigenvalue weighted by atomic mass is 9.85. The Labute approximate surface area is 183 Å². The van der Waals surface area contributed by atoms with Crippen LogP contribution in [0.2, 0.25) is 0 Å². The first-order valence-electron chi connectivity index (χ1n) is 12.1. The second-order valence-corrected chi connectivity index (χ2v) is 9.40. The molecule has 3 heteroatoms. The smallest absolute Gasteiger partial charge is 0.0412 e. The number of para-hydroxylation sites is 1. The van der Waals surface area contributed by atoms with Crippen molar-refractivity contribution in [1.82, 2.24) is 10.2 Å². The summed E-state index contributed by atoms with van der Waals surface area (Å²) in [7, 11) is 0. The van der Waals surface area contributed by atoms with Gasteiger partial charge in [-0.2, -0.15) is 0 Å². The highest BCUT2D eigenvalue weighted by Gasteiger charge is 2.20. The second-order valence-electron chi connectivity index (χ2n) is 9.40. The van der Waals surface area contributed by atoms with E-state index in [1.165, 1.54) is 55.3 Å². The molecule has 0 amide bonds. The van der Waals surface area contributed by atoms with E-state index in [4.69, 9.17) is 0 Å². The van der Waals surface area contributed by atoms with Gasteiger partial charge in [-0.05, 0) is 36.5 Å². The molecule has 30 heavy (non-hydrogen) atoms. The molecule has 4 rings (SSSR count). The summed E-state index contributed by atoms with van der Waals surface area (Å²) in [5.41, 5.74) is 4.29. The molecule has 1 N–H and O–H groups in total. The zero-order chi connectivity index (χ0) is 20.6. The normalized spacial score (nSPS) is 19.7. The first kappa shape index (κ1) is 21.4. The van der Waals surface area contributed by atoms with Gasteiger partial charge in [-0.15, -0.1) is 0 Å². The Bertz CT molecular complexity index is 746. The van der Waals surface area contributed by atoms with Crippen LogP contribution in [0.15, 0.2) is 54.6 Å². The molecule has 0 bridgehead atoms. The van der Waals surface area contributed by atoms with Gasteiger partial charge in [0, 0.05) is 51.0 Å². The standard InChI is InChI=1S/C27H39N3/c1-23(20-24-10-4-2-5-11-24)28-21-26-14-8-9-15-27(26)30-18-16-29(17-19-30)22-25-12-6-3-7-13-25/h3,6-9,12-15,23-24,28H,2,4-5,10-11,16-22H2,1H3. The van der Waals surface area contributed by atoms with Gasteiger partial charge in [-0.1, -0.05) is 80.6 Å². The number of anilines is 1. The van der Waals surface area contributed by atoms with E-state index in [0.717, 1.165) is 45.2 Å². The van der Waals surface area contributed by atoms with Crippen molar-refractivity contribution in [1.29, 1.82) is 0 Å². The van der Waals surface area contributed by atoms with Crippen LogP contribution >= 0.6 is 0 Å². The fourth-order valence-electron chi connectivity index (χ4n) is 5.25. The van der Waals surface area contributed by atoms with Gasteiger partial charge < -0.3 is 10.2 Å². The Kier molecular flexibility index (Phi) is 7.82. The number of nitrogens with zero attached hydrogens (tertiary/aromatic N) is 2. The Morgan fingerprint density at radius 2 is 1.57 bits per heavy atom. The molecule has 1 aliphatic heterocycles. The molecule has 1 saturated carbocycles. The predicted molar refractivity (Wildman–Crippen MR) is 128 cm³/mol. The van der Waals surface area contributed by atoms with Gasteiger partial charge in [-0.3, -0.25) is 4.90 Å².